The first-order valence-corrected chi connectivity index (χ1v) is 6.39. The molecule has 0 saturated carbocycles. The summed E-state index contributed by atoms with van der Waals surface area (Å²) in [7, 11) is 1.66. The van der Waals surface area contributed by atoms with Gasteiger partial charge in [0.2, 0.25) is 0 Å². The van der Waals surface area contributed by atoms with E-state index >= 15 is 0 Å². The molecule has 1 aromatic carbocycles. The van der Waals surface area contributed by atoms with Gasteiger partial charge in [0.25, 0.3) is 0 Å². The lowest BCUT2D eigenvalue weighted by atomic mass is 10.2. The average Bonchev–Trinajstić information content (AvgIpc) is 2.37. The summed E-state index contributed by atoms with van der Waals surface area (Å²) < 4.78 is 24.1. The summed E-state index contributed by atoms with van der Waals surface area (Å²) in [5, 5.41) is 3.19. The number of rotatable bonds is 9. The molecule has 0 fully saturated rings. The number of nitrogens with one attached hydrogen (secondary N) is 1. The zero-order valence-corrected chi connectivity index (χ0v) is 11.2. The van der Waals surface area contributed by atoms with Gasteiger partial charge in [-0.15, -0.1) is 0 Å². The third-order valence-electron chi connectivity index (χ3n) is 2.59. The monoisotopic (exact) mass is 255 g/mol. The predicted molar refractivity (Wildman–Crippen MR) is 70.4 cm³/mol. The molecule has 1 N–H and O–H groups in total. The van der Waals surface area contributed by atoms with Gasteiger partial charge in [0.15, 0.2) is 11.6 Å². The highest BCUT2D eigenvalue weighted by Crippen LogP contribution is 2.22. The molecule has 3 nitrogen and oxygen atoms in total. The van der Waals surface area contributed by atoms with Gasteiger partial charge in [-0.1, -0.05) is 25.5 Å². The van der Waals surface area contributed by atoms with Crippen LogP contribution in [0.5, 0.6) is 5.75 Å². The Morgan fingerprint density at radius 2 is 2.11 bits per heavy atom. The van der Waals surface area contributed by atoms with Crippen molar-refractivity contribution in [3.8, 4) is 5.75 Å². The fourth-order valence-corrected chi connectivity index (χ4v) is 1.57. The lowest BCUT2D eigenvalue weighted by Gasteiger charge is -2.12. The molecule has 0 bridgehead atoms. The van der Waals surface area contributed by atoms with Crippen molar-refractivity contribution in [2.45, 2.75) is 26.3 Å². The van der Waals surface area contributed by atoms with E-state index < -0.39 is 0 Å². The molecule has 0 aliphatic heterocycles. The lowest BCUT2D eigenvalue weighted by molar-refractivity contribution is 0.199. The maximum atomic E-state index is 13.7. The minimum absolute atomic E-state index is 0.294. The number of para-hydroxylation sites is 1. The Morgan fingerprint density at radius 3 is 2.83 bits per heavy atom. The second-order valence-electron chi connectivity index (χ2n) is 4.10. The van der Waals surface area contributed by atoms with Crippen molar-refractivity contribution in [1.82, 2.24) is 5.32 Å². The minimum atomic E-state index is -0.294. The molecule has 0 spiro atoms. The Morgan fingerprint density at radius 1 is 1.28 bits per heavy atom. The SMILES string of the molecule is CCCCOc1c(F)cccc1CNCCOC. The summed E-state index contributed by atoms with van der Waals surface area (Å²) in [4.78, 5) is 0. The summed E-state index contributed by atoms with van der Waals surface area (Å²) >= 11 is 0. The molecule has 0 radical (unpaired) electrons. The first-order chi connectivity index (χ1) is 8.79. The first kappa shape index (κ1) is 14.9. The Kier molecular flexibility index (Phi) is 7.37. The fourth-order valence-electron chi connectivity index (χ4n) is 1.57. The zero-order valence-electron chi connectivity index (χ0n) is 11.2. The Bertz CT molecular complexity index is 345. The van der Waals surface area contributed by atoms with Crippen LogP contribution >= 0.6 is 0 Å². The van der Waals surface area contributed by atoms with Crippen LogP contribution in [0.2, 0.25) is 0 Å². The van der Waals surface area contributed by atoms with Crippen LogP contribution in [-0.2, 0) is 11.3 Å². The second kappa shape index (κ2) is 8.89. The van der Waals surface area contributed by atoms with Gasteiger partial charge < -0.3 is 14.8 Å². The normalized spacial score (nSPS) is 10.6. The van der Waals surface area contributed by atoms with Crippen LogP contribution in [0.15, 0.2) is 18.2 Å². The highest BCUT2D eigenvalue weighted by Gasteiger charge is 2.09. The van der Waals surface area contributed by atoms with Gasteiger partial charge in [-0.3, -0.25) is 0 Å². The standard InChI is InChI=1S/C14H22FNO2/c1-3-4-9-18-14-12(6-5-7-13(14)15)11-16-8-10-17-2/h5-7,16H,3-4,8-11H2,1-2H3. The maximum absolute atomic E-state index is 13.7. The van der Waals surface area contributed by atoms with E-state index in [1.165, 1.54) is 6.07 Å². The summed E-state index contributed by atoms with van der Waals surface area (Å²) in [5.74, 6) is 0.0769. The van der Waals surface area contributed by atoms with E-state index in [0.717, 1.165) is 24.9 Å². The highest BCUT2D eigenvalue weighted by molar-refractivity contribution is 5.34. The van der Waals surface area contributed by atoms with Gasteiger partial charge in [0.05, 0.1) is 13.2 Å². The van der Waals surface area contributed by atoms with Crippen LogP contribution < -0.4 is 10.1 Å². The molecule has 0 aliphatic carbocycles. The van der Waals surface area contributed by atoms with Crippen LogP contribution in [0.25, 0.3) is 0 Å². The Balaban J connectivity index is 2.56. The summed E-state index contributed by atoms with van der Waals surface area (Å²) in [6.45, 7) is 4.60. The van der Waals surface area contributed by atoms with Crippen molar-refractivity contribution >= 4 is 0 Å². The second-order valence-corrected chi connectivity index (χ2v) is 4.10. The third-order valence-corrected chi connectivity index (χ3v) is 2.59. The molecule has 1 aromatic rings. The van der Waals surface area contributed by atoms with Crippen LogP contribution in [0.1, 0.15) is 25.3 Å². The molecule has 0 aliphatic rings. The highest BCUT2D eigenvalue weighted by atomic mass is 19.1. The number of ether oxygens (including phenoxy) is 2. The van der Waals surface area contributed by atoms with Crippen molar-refractivity contribution in [2.24, 2.45) is 0 Å². The summed E-state index contributed by atoms with van der Waals surface area (Å²) in [6, 6.07) is 5.01. The van der Waals surface area contributed by atoms with Gasteiger partial charge >= 0.3 is 0 Å². The molecule has 0 aromatic heterocycles. The Hall–Kier alpha value is -1.13. The molecule has 0 amide bonds. The van der Waals surface area contributed by atoms with Gasteiger partial charge in [0, 0.05) is 25.8 Å². The predicted octanol–water partition coefficient (Wildman–Crippen LogP) is 2.74. The third kappa shape index (κ3) is 5.02. The lowest BCUT2D eigenvalue weighted by Crippen LogP contribution is -2.19. The number of benzene rings is 1. The number of halogens is 1. The van der Waals surface area contributed by atoms with Crippen LogP contribution in [0.4, 0.5) is 4.39 Å². The molecule has 4 heteroatoms. The largest absolute Gasteiger partial charge is 0.490 e. The van der Waals surface area contributed by atoms with E-state index in [-0.39, 0.29) is 5.82 Å². The van der Waals surface area contributed by atoms with Crippen LogP contribution in [0.3, 0.4) is 0 Å². The summed E-state index contributed by atoms with van der Waals surface area (Å²) in [5.41, 5.74) is 0.849. The Labute approximate surface area is 108 Å². The van der Waals surface area contributed by atoms with E-state index in [9.17, 15) is 4.39 Å². The number of hydrogen-bond acceptors (Lipinski definition) is 3. The number of unbranched alkanes of at least 4 members (excludes halogenated alkanes) is 1. The van der Waals surface area contributed by atoms with Crippen molar-refractivity contribution in [1.29, 1.82) is 0 Å². The number of methoxy groups -OCH3 is 1. The summed E-state index contributed by atoms with van der Waals surface area (Å²) in [6.07, 6.45) is 1.97. The van der Waals surface area contributed by atoms with Gasteiger partial charge in [-0.05, 0) is 12.5 Å². The van der Waals surface area contributed by atoms with E-state index in [0.29, 0.717) is 25.5 Å². The van der Waals surface area contributed by atoms with E-state index in [2.05, 4.69) is 12.2 Å². The molecule has 18 heavy (non-hydrogen) atoms. The van der Waals surface area contributed by atoms with E-state index in [1.807, 2.05) is 6.07 Å². The van der Waals surface area contributed by atoms with Crippen LogP contribution in [-0.4, -0.2) is 26.9 Å². The molecular weight excluding hydrogens is 233 g/mol. The van der Waals surface area contributed by atoms with Crippen molar-refractivity contribution in [2.75, 3.05) is 26.9 Å². The molecule has 0 atom stereocenters. The molecular formula is C14H22FNO2. The number of hydrogen-bond donors (Lipinski definition) is 1. The molecule has 0 unspecified atom stereocenters. The van der Waals surface area contributed by atoms with Crippen molar-refractivity contribution < 1.29 is 13.9 Å². The van der Waals surface area contributed by atoms with E-state index in [4.69, 9.17) is 9.47 Å². The average molecular weight is 255 g/mol. The maximum Gasteiger partial charge on any atom is 0.165 e. The molecule has 1 rings (SSSR count). The molecule has 0 saturated heterocycles. The van der Waals surface area contributed by atoms with Gasteiger partial charge in [0.1, 0.15) is 0 Å². The zero-order chi connectivity index (χ0) is 13.2. The van der Waals surface area contributed by atoms with Crippen LogP contribution in [0, 0.1) is 5.82 Å². The smallest absolute Gasteiger partial charge is 0.165 e. The molecule has 102 valence electrons. The van der Waals surface area contributed by atoms with Gasteiger partial charge in [-0.2, -0.15) is 0 Å². The first-order valence-electron chi connectivity index (χ1n) is 6.39. The topological polar surface area (TPSA) is 30.5 Å². The quantitative estimate of drug-likeness (QED) is 0.688. The minimum Gasteiger partial charge on any atom is -0.490 e. The van der Waals surface area contributed by atoms with E-state index in [1.54, 1.807) is 13.2 Å². The van der Waals surface area contributed by atoms with Gasteiger partial charge in [-0.25, -0.2) is 4.39 Å². The van der Waals surface area contributed by atoms with Crippen molar-refractivity contribution in [3.05, 3.63) is 29.6 Å². The molecule has 0 heterocycles. The van der Waals surface area contributed by atoms with Crippen molar-refractivity contribution in [3.63, 3.8) is 0 Å². The fraction of sp³-hybridized carbons (Fsp3) is 0.571.